The average Bonchev–Trinajstić information content (AvgIpc) is 3.19. The van der Waals surface area contributed by atoms with Crippen molar-refractivity contribution in [1.82, 2.24) is 19.8 Å². The molecule has 3 rings (SSSR count). The quantitative estimate of drug-likeness (QED) is 0.627. The van der Waals surface area contributed by atoms with E-state index in [1.807, 2.05) is 51.5 Å². The van der Waals surface area contributed by atoms with E-state index in [1.165, 1.54) is 0 Å². The van der Waals surface area contributed by atoms with Gasteiger partial charge in [-0.25, -0.2) is 0 Å². The molecule has 0 aliphatic carbocycles. The molecule has 0 radical (unpaired) electrons. The van der Waals surface area contributed by atoms with Crippen LogP contribution >= 0.6 is 0 Å². The molecule has 0 fully saturated rings. The maximum Gasteiger partial charge on any atom is 0.267 e. The summed E-state index contributed by atoms with van der Waals surface area (Å²) in [5, 5.41) is 2.98. The van der Waals surface area contributed by atoms with E-state index in [9.17, 15) is 9.59 Å². The second-order valence-electron chi connectivity index (χ2n) is 7.44. The second kappa shape index (κ2) is 9.87. The van der Waals surface area contributed by atoms with Gasteiger partial charge < -0.3 is 14.8 Å². The van der Waals surface area contributed by atoms with E-state index in [1.54, 1.807) is 33.9 Å². The van der Waals surface area contributed by atoms with Gasteiger partial charge in [0.25, 0.3) is 11.8 Å². The Bertz CT molecular complexity index is 997. The molecular formula is C24H28N4O2. The molecule has 0 saturated heterocycles. The lowest BCUT2D eigenvalue weighted by atomic mass is 10.0. The van der Waals surface area contributed by atoms with E-state index in [4.69, 9.17) is 0 Å². The lowest BCUT2D eigenvalue weighted by Gasteiger charge is -2.29. The molecule has 6 nitrogen and oxygen atoms in total. The molecule has 3 aromatic rings. The first-order valence-electron chi connectivity index (χ1n) is 10.1. The Morgan fingerprint density at radius 1 is 1.10 bits per heavy atom. The summed E-state index contributed by atoms with van der Waals surface area (Å²) in [6.45, 7) is 2.32. The summed E-state index contributed by atoms with van der Waals surface area (Å²) in [7, 11) is 3.66. The van der Waals surface area contributed by atoms with E-state index in [-0.39, 0.29) is 17.9 Å². The van der Waals surface area contributed by atoms with Gasteiger partial charge in [-0.05, 0) is 49.6 Å². The first kappa shape index (κ1) is 21.3. The van der Waals surface area contributed by atoms with Gasteiger partial charge in [0.1, 0.15) is 5.69 Å². The van der Waals surface area contributed by atoms with Crippen LogP contribution < -0.4 is 5.32 Å². The molecule has 1 atom stereocenters. The summed E-state index contributed by atoms with van der Waals surface area (Å²) in [6, 6.07) is 17.2. The third-order valence-electron chi connectivity index (χ3n) is 5.36. The van der Waals surface area contributed by atoms with Crippen molar-refractivity contribution in [3.63, 3.8) is 0 Å². The molecule has 1 unspecified atom stereocenters. The molecule has 0 aliphatic heterocycles. The fourth-order valence-corrected chi connectivity index (χ4v) is 3.52. The van der Waals surface area contributed by atoms with Gasteiger partial charge in [-0.15, -0.1) is 0 Å². The summed E-state index contributed by atoms with van der Waals surface area (Å²) in [6.07, 6.45) is 4.89. The van der Waals surface area contributed by atoms with E-state index in [0.29, 0.717) is 36.3 Å². The predicted octanol–water partition coefficient (Wildman–Crippen LogP) is 3.23. The molecule has 2 aromatic heterocycles. The van der Waals surface area contributed by atoms with Crippen molar-refractivity contribution in [2.45, 2.75) is 25.8 Å². The van der Waals surface area contributed by atoms with Gasteiger partial charge in [0.2, 0.25) is 0 Å². The molecule has 0 aliphatic rings. The molecule has 0 saturated carbocycles. The van der Waals surface area contributed by atoms with Gasteiger partial charge in [0.15, 0.2) is 0 Å². The predicted molar refractivity (Wildman–Crippen MR) is 117 cm³/mol. The minimum absolute atomic E-state index is 0.0599. The van der Waals surface area contributed by atoms with Crippen LogP contribution in [0, 0.1) is 6.92 Å². The number of hydrogen-bond donors (Lipinski definition) is 1. The Balaban J connectivity index is 1.71. The first-order chi connectivity index (χ1) is 14.5. The zero-order chi connectivity index (χ0) is 21.5. The van der Waals surface area contributed by atoms with Gasteiger partial charge in [0, 0.05) is 44.8 Å². The molecule has 1 N–H and O–H groups in total. The molecule has 6 heteroatoms. The Morgan fingerprint density at radius 2 is 1.87 bits per heavy atom. The molecule has 0 spiro atoms. The smallest absolute Gasteiger partial charge is 0.267 e. The van der Waals surface area contributed by atoms with Crippen molar-refractivity contribution in [3.8, 4) is 0 Å². The second-order valence-corrected chi connectivity index (χ2v) is 7.44. The Hall–Kier alpha value is -3.41. The van der Waals surface area contributed by atoms with Crippen LogP contribution in [0.25, 0.3) is 0 Å². The number of aromatic nitrogens is 2. The number of pyridine rings is 1. The van der Waals surface area contributed by atoms with Gasteiger partial charge in [0.05, 0.1) is 5.56 Å². The number of carbonyl (C=O) groups excluding carboxylic acids is 2. The largest absolute Gasteiger partial charge is 0.351 e. The number of rotatable bonds is 8. The zero-order valence-electron chi connectivity index (χ0n) is 17.7. The number of aryl methyl sites for hydroxylation is 2. The zero-order valence-corrected chi connectivity index (χ0v) is 17.7. The highest BCUT2D eigenvalue weighted by Crippen LogP contribution is 2.15. The van der Waals surface area contributed by atoms with Crippen molar-refractivity contribution in [1.29, 1.82) is 0 Å². The fraction of sp³-hybridized carbons (Fsp3) is 0.292. The molecule has 1 aromatic carbocycles. The van der Waals surface area contributed by atoms with E-state index >= 15 is 0 Å². The minimum atomic E-state index is -0.113. The van der Waals surface area contributed by atoms with Crippen molar-refractivity contribution in [2.75, 3.05) is 13.6 Å². The maximum absolute atomic E-state index is 13.1. The number of hydrogen-bond acceptors (Lipinski definition) is 3. The van der Waals surface area contributed by atoms with Crippen LogP contribution in [0.3, 0.4) is 0 Å². The summed E-state index contributed by atoms with van der Waals surface area (Å²) < 4.78 is 1.79. The third-order valence-corrected chi connectivity index (χ3v) is 5.36. The Morgan fingerprint density at radius 3 is 2.53 bits per heavy atom. The van der Waals surface area contributed by atoms with Crippen LogP contribution in [0.1, 0.15) is 38.5 Å². The van der Waals surface area contributed by atoms with Crippen molar-refractivity contribution >= 4 is 11.8 Å². The lowest BCUT2D eigenvalue weighted by Crippen LogP contribution is -2.41. The lowest BCUT2D eigenvalue weighted by molar-refractivity contribution is 0.0721. The molecule has 30 heavy (non-hydrogen) atoms. The molecule has 2 heterocycles. The Kier molecular flexibility index (Phi) is 7.01. The van der Waals surface area contributed by atoms with Crippen LogP contribution in [0.2, 0.25) is 0 Å². The average molecular weight is 405 g/mol. The highest BCUT2D eigenvalue weighted by atomic mass is 16.2. The standard InChI is InChI=1S/C24H28N4O2/c1-18-21(11-7-14-25-18)24(30)28(3)20(17-19-9-5-4-6-10-19)13-15-26-23(29)22-12-8-16-27(22)2/h4-12,14,16,20H,13,15,17H2,1-3H3,(H,26,29). The summed E-state index contributed by atoms with van der Waals surface area (Å²) in [5.74, 6) is -0.173. The highest BCUT2D eigenvalue weighted by molar-refractivity contribution is 5.95. The van der Waals surface area contributed by atoms with Crippen molar-refractivity contribution in [3.05, 3.63) is 89.5 Å². The number of likely N-dealkylation sites (N-methyl/N-ethyl adjacent to an activating group) is 1. The first-order valence-corrected chi connectivity index (χ1v) is 10.1. The summed E-state index contributed by atoms with van der Waals surface area (Å²) >= 11 is 0. The number of nitrogens with zero attached hydrogens (tertiary/aromatic N) is 3. The monoisotopic (exact) mass is 404 g/mol. The van der Waals surface area contributed by atoms with Crippen LogP contribution in [-0.4, -0.2) is 45.9 Å². The summed E-state index contributed by atoms with van der Waals surface area (Å²) in [5.41, 5.74) is 3.08. The van der Waals surface area contributed by atoms with E-state index in [2.05, 4.69) is 22.4 Å². The van der Waals surface area contributed by atoms with Crippen LogP contribution in [-0.2, 0) is 13.5 Å². The summed E-state index contributed by atoms with van der Waals surface area (Å²) in [4.78, 5) is 31.5. The molecule has 0 bridgehead atoms. The number of amides is 2. The van der Waals surface area contributed by atoms with Crippen LogP contribution in [0.5, 0.6) is 0 Å². The molecule has 2 amide bonds. The number of nitrogens with one attached hydrogen (secondary N) is 1. The van der Waals surface area contributed by atoms with E-state index in [0.717, 1.165) is 5.56 Å². The van der Waals surface area contributed by atoms with Gasteiger partial charge in [-0.3, -0.25) is 14.6 Å². The van der Waals surface area contributed by atoms with Crippen LogP contribution in [0.15, 0.2) is 67.0 Å². The third kappa shape index (κ3) is 5.14. The van der Waals surface area contributed by atoms with Gasteiger partial charge in [-0.2, -0.15) is 0 Å². The maximum atomic E-state index is 13.1. The fourth-order valence-electron chi connectivity index (χ4n) is 3.52. The van der Waals surface area contributed by atoms with Crippen LogP contribution in [0.4, 0.5) is 0 Å². The topological polar surface area (TPSA) is 67.2 Å². The highest BCUT2D eigenvalue weighted by Gasteiger charge is 2.23. The number of benzene rings is 1. The molecular weight excluding hydrogens is 376 g/mol. The van der Waals surface area contributed by atoms with Gasteiger partial charge in [-0.1, -0.05) is 30.3 Å². The van der Waals surface area contributed by atoms with Gasteiger partial charge >= 0.3 is 0 Å². The number of carbonyl (C=O) groups is 2. The minimum Gasteiger partial charge on any atom is -0.351 e. The SMILES string of the molecule is Cc1ncccc1C(=O)N(C)C(CCNC(=O)c1cccn1C)Cc1ccccc1. The van der Waals surface area contributed by atoms with Crippen molar-refractivity contribution in [2.24, 2.45) is 7.05 Å². The normalized spacial score (nSPS) is 11.7. The Labute approximate surface area is 177 Å². The molecule has 156 valence electrons. The van der Waals surface area contributed by atoms with E-state index < -0.39 is 0 Å². The van der Waals surface area contributed by atoms with Crippen molar-refractivity contribution < 1.29 is 9.59 Å².